The van der Waals surface area contributed by atoms with Gasteiger partial charge in [-0.05, 0) is 30.7 Å². The number of phenolic OH excluding ortho intramolecular Hbond substituents is 1. The Morgan fingerprint density at radius 3 is 2.79 bits per heavy atom. The highest BCUT2D eigenvalue weighted by Gasteiger charge is 2.27. The second kappa shape index (κ2) is 4.62. The first kappa shape index (κ1) is 11.3. The summed E-state index contributed by atoms with van der Waals surface area (Å²) in [6, 6.07) is 6.51. The van der Waals surface area contributed by atoms with Gasteiger partial charge in [0.2, 0.25) is 0 Å². The topological polar surface area (TPSA) is 32.3 Å². The largest absolute Gasteiger partial charge is 0.508 e. The Balaban J connectivity index is 0.000000980. The third-order valence-corrected chi connectivity index (χ3v) is 2.38. The summed E-state index contributed by atoms with van der Waals surface area (Å²) in [5, 5.41) is 12.3. The molecule has 2 atom stereocenters. The van der Waals surface area contributed by atoms with Crippen LogP contribution < -0.4 is 5.32 Å². The number of nitrogens with one attached hydrogen (secondary N) is 1. The van der Waals surface area contributed by atoms with Crippen LogP contribution in [0.1, 0.15) is 18.0 Å². The Morgan fingerprint density at radius 1 is 1.43 bits per heavy atom. The molecule has 1 heterocycles. The minimum absolute atomic E-state index is 0. The van der Waals surface area contributed by atoms with Crippen molar-refractivity contribution in [1.82, 2.24) is 5.32 Å². The molecule has 2 N–H and O–H groups in total. The number of hydrogen-bond acceptors (Lipinski definition) is 2. The molecular formula is C10H13ClFNO. The summed E-state index contributed by atoms with van der Waals surface area (Å²) < 4.78 is 13.3. The van der Waals surface area contributed by atoms with Crippen LogP contribution in [0.3, 0.4) is 0 Å². The first-order valence-corrected chi connectivity index (χ1v) is 4.44. The van der Waals surface area contributed by atoms with E-state index in [0.29, 0.717) is 13.0 Å². The average molecular weight is 218 g/mol. The van der Waals surface area contributed by atoms with Crippen molar-refractivity contribution in [2.24, 2.45) is 0 Å². The predicted octanol–water partition coefficient (Wildman–Crippen LogP) is 2.19. The van der Waals surface area contributed by atoms with E-state index in [4.69, 9.17) is 0 Å². The highest BCUT2D eigenvalue weighted by molar-refractivity contribution is 5.85. The Morgan fingerprint density at radius 2 is 2.21 bits per heavy atom. The molecule has 0 saturated carbocycles. The van der Waals surface area contributed by atoms with Crippen LogP contribution in [-0.2, 0) is 0 Å². The fourth-order valence-corrected chi connectivity index (χ4v) is 1.72. The first-order chi connectivity index (χ1) is 6.27. The Bertz CT molecular complexity index is 308. The summed E-state index contributed by atoms with van der Waals surface area (Å²) in [5.41, 5.74) is 0.824. The third kappa shape index (κ3) is 2.16. The van der Waals surface area contributed by atoms with Crippen LogP contribution in [0.2, 0.25) is 0 Å². The maximum Gasteiger partial charge on any atom is 0.121 e. The molecule has 2 rings (SSSR count). The lowest BCUT2D eigenvalue weighted by Gasteiger charge is -2.13. The smallest absolute Gasteiger partial charge is 0.121 e. The number of aromatic hydroxyl groups is 1. The number of hydrogen-bond donors (Lipinski definition) is 2. The van der Waals surface area contributed by atoms with Gasteiger partial charge in [-0.25, -0.2) is 4.39 Å². The van der Waals surface area contributed by atoms with Gasteiger partial charge in [-0.1, -0.05) is 12.1 Å². The lowest BCUT2D eigenvalue weighted by atomic mass is 10.0. The molecule has 1 aromatic rings. The summed E-state index contributed by atoms with van der Waals surface area (Å²) in [6.07, 6.45) is -0.276. The average Bonchev–Trinajstić information content (AvgIpc) is 2.51. The van der Waals surface area contributed by atoms with E-state index in [2.05, 4.69) is 5.32 Å². The lowest BCUT2D eigenvalue weighted by Crippen LogP contribution is -2.18. The molecule has 0 bridgehead atoms. The van der Waals surface area contributed by atoms with E-state index in [1.54, 1.807) is 18.2 Å². The highest BCUT2D eigenvalue weighted by atomic mass is 35.5. The second-order valence-corrected chi connectivity index (χ2v) is 3.33. The van der Waals surface area contributed by atoms with Crippen molar-refractivity contribution in [2.45, 2.75) is 18.6 Å². The molecule has 0 aliphatic carbocycles. The number of benzene rings is 1. The second-order valence-electron chi connectivity index (χ2n) is 3.33. The quantitative estimate of drug-likeness (QED) is 0.756. The van der Waals surface area contributed by atoms with E-state index in [0.717, 1.165) is 5.56 Å². The van der Waals surface area contributed by atoms with Crippen LogP contribution in [0.4, 0.5) is 4.39 Å². The van der Waals surface area contributed by atoms with Gasteiger partial charge in [-0.3, -0.25) is 0 Å². The van der Waals surface area contributed by atoms with E-state index in [9.17, 15) is 9.50 Å². The van der Waals surface area contributed by atoms with Gasteiger partial charge in [0.1, 0.15) is 11.9 Å². The summed E-state index contributed by atoms with van der Waals surface area (Å²) in [5.74, 6) is 0.193. The van der Waals surface area contributed by atoms with E-state index < -0.39 is 6.17 Å². The molecule has 0 radical (unpaired) electrons. The molecule has 0 aromatic heterocycles. The molecular weight excluding hydrogens is 205 g/mol. The van der Waals surface area contributed by atoms with E-state index >= 15 is 0 Å². The molecule has 4 heteroatoms. The van der Waals surface area contributed by atoms with Crippen molar-refractivity contribution in [1.29, 1.82) is 0 Å². The molecule has 0 amide bonds. The van der Waals surface area contributed by atoms with Crippen LogP contribution in [0, 0.1) is 0 Å². The Kier molecular flexibility index (Phi) is 3.72. The molecule has 14 heavy (non-hydrogen) atoms. The first-order valence-electron chi connectivity index (χ1n) is 4.44. The Labute approximate surface area is 88.5 Å². The monoisotopic (exact) mass is 217 g/mol. The van der Waals surface area contributed by atoms with Crippen molar-refractivity contribution in [3.63, 3.8) is 0 Å². The SMILES string of the molecule is Cl.Oc1cccc(C2NCCC2F)c1. The van der Waals surface area contributed by atoms with E-state index in [-0.39, 0.29) is 24.2 Å². The third-order valence-electron chi connectivity index (χ3n) is 2.38. The molecule has 0 spiro atoms. The van der Waals surface area contributed by atoms with Gasteiger partial charge in [0.25, 0.3) is 0 Å². The Hall–Kier alpha value is -0.800. The normalized spacial score (nSPS) is 25.8. The van der Waals surface area contributed by atoms with Crippen molar-refractivity contribution in [3.8, 4) is 5.75 Å². The fourth-order valence-electron chi connectivity index (χ4n) is 1.72. The van der Waals surface area contributed by atoms with Gasteiger partial charge in [-0.15, -0.1) is 12.4 Å². The summed E-state index contributed by atoms with van der Waals surface area (Å²) in [7, 11) is 0. The molecule has 2 unspecified atom stereocenters. The van der Waals surface area contributed by atoms with Crippen LogP contribution >= 0.6 is 12.4 Å². The van der Waals surface area contributed by atoms with Crippen molar-refractivity contribution in [2.75, 3.05) is 6.54 Å². The molecule has 1 aliphatic rings. The fraction of sp³-hybridized carbons (Fsp3) is 0.400. The van der Waals surface area contributed by atoms with E-state index in [1.807, 2.05) is 6.07 Å². The number of phenols is 1. The van der Waals surface area contributed by atoms with Crippen molar-refractivity contribution < 1.29 is 9.50 Å². The van der Waals surface area contributed by atoms with Crippen LogP contribution in [0.15, 0.2) is 24.3 Å². The van der Waals surface area contributed by atoms with Gasteiger partial charge in [0, 0.05) is 0 Å². The highest BCUT2D eigenvalue weighted by Crippen LogP contribution is 2.27. The predicted molar refractivity (Wildman–Crippen MR) is 55.6 cm³/mol. The number of halogens is 2. The number of alkyl halides is 1. The molecule has 78 valence electrons. The van der Waals surface area contributed by atoms with Crippen LogP contribution in [0.5, 0.6) is 5.75 Å². The zero-order chi connectivity index (χ0) is 9.26. The minimum Gasteiger partial charge on any atom is -0.508 e. The standard InChI is InChI=1S/C10H12FNO.ClH/c11-9-4-5-12-10(9)7-2-1-3-8(13)6-7;/h1-3,6,9-10,12-13H,4-5H2;1H. The van der Waals surface area contributed by atoms with Crippen LogP contribution in [0.25, 0.3) is 0 Å². The van der Waals surface area contributed by atoms with Gasteiger partial charge in [-0.2, -0.15) is 0 Å². The van der Waals surface area contributed by atoms with Crippen LogP contribution in [-0.4, -0.2) is 17.8 Å². The summed E-state index contributed by atoms with van der Waals surface area (Å²) >= 11 is 0. The molecule has 1 aromatic carbocycles. The zero-order valence-electron chi connectivity index (χ0n) is 7.61. The summed E-state index contributed by atoms with van der Waals surface area (Å²) in [4.78, 5) is 0. The van der Waals surface area contributed by atoms with Crippen molar-refractivity contribution >= 4 is 12.4 Å². The zero-order valence-corrected chi connectivity index (χ0v) is 8.43. The molecule has 1 fully saturated rings. The van der Waals surface area contributed by atoms with Gasteiger partial charge in [0.15, 0.2) is 0 Å². The molecule has 1 saturated heterocycles. The van der Waals surface area contributed by atoms with E-state index in [1.165, 1.54) is 0 Å². The maximum atomic E-state index is 13.3. The lowest BCUT2D eigenvalue weighted by molar-refractivity contribution is 0.304. The van der Waals surface area contributed by atoms with Crippen molar-refractivity contribution in [3.05, 3.63) is 29.8 Å². The van der Waals surface area contributed by atoms with Gasteiger partial charge >= 0.3 is 0 Å². The molecule has 2 nitrogen and oxygen atoms in total. The minimum atomic E-state index is -0.832. The summed E-state index contributed by atoms with van der Waals surface area (Å²) in [6.45, 7) is 0.710. The number of rotatable bonds is 1. The molecule has 1 aliphatic heterocycles. The van der Waals surface area contributed by atoms with Gasteiger partial charge in [0.05, 0.1) is 6.04 Å². The van der Waals surface area contributed by atoms with Gasteiger partial charge < -0.3 is 10.4 Å². The maximum absolute atomic E-state index is 13.3.